The van der Waals surface area contributed by atoms with Gasteiger partial charge in [-0.05, 0) is 55.7 Å². The van der Waals surface area contributed by atoms with E-state index in [2.05, 4.69) is 15.5 Å². The fourth-order valence-corrected chi connectivity index (χ4v) is 3.20. The number of hydrogen-bond acceptors (Lipinski definition) is 4. The molecule has 0 aliphatic heterocycles. The molecule has 1 amide bonds. The van der Waals surface area contributed by atoms with Crippen LogP contribution in [0.1, 0.15) is 47.1 Å². The number of ether oxygens (including phenoxy) is 1. The standard InChI is InChI=1S/C21H21F4N5O2/c22-15-4-6-16(7-5-15)32-13-29-11-8-17(27-29)20(31)26-9-1-10-30-18(14-2-3-14)12-19(28-30)21(23,24)25/h4-8,11-12,14H,1-3,9-10,13H2,(H,26,31). The van der Waals surface area contributed by atoms with Crippen molar-refractivity contribution in [1.29, 1.82) is 0 Å². The van der Waals surface area contributed by atoms with E-state index in [1.807, 2.05) is 0 Å². The van der Waals surface area contributed by atoms with Crippen molar-refractivity contribution in [3.63, 3.8) is 0 Å². The molecule has 0 saturated heterocycles. The second kappa shape index (κ2) is 9.01. The van der Waals surface area contributed by atoms with Crippen LogP contribution in [0.5, 0.6) is 5.75 Å². The number of nitrogens with zero attached hydrogens (tertiary/aromatic N) is 4. The normalized spacial score (nSPS) is 13.9. The van der Waals surface area contributed by atoms with Gasteiger partial charge in [0.25, 0.3) is 5.91 Å². The van der Waals surface area contributed by atoms with Gasteiger partial charge in [0.05, 0.1) is 0 Å². The number of benzene rings is 1. The van der Waals surface area contributed by atoms with Crippen molar-refractivity contribution < 1.29 is 27.1 Å². The summed E-state index contributed by atoms with van der Waals surface area (Å²) in [6.07, 6.45) is -0.732. The number of rotatable bonds is 9. The number of halogens is 4. The molecule has 1 fully saturated rings. The van der Waals surface area contributed by atoms with Crippen molar-refractivity contribution >= 4 is 5.91 Å². The quantitative estimate of drug-likeness (QED) is 0.395. The number of alkyl halides is 3. The Balaban J connectivity index is 1.24. The van der Waals surface area contributed by atoms with Crippen molar-refractivity contribution in [3.8, 4) is 5.75 Å². The van der Waals surface area contributed by atoms with E-state index in [0.717, 1.165) is 18.9 Å². The molecule has 0 radical (unpaired) electrons. The van der Waals surface area contributed by atoms with Crippen LogP contribution in [-0.4, -0.2) is 32.0 Å². The monoisotopic (exact) mass is 451 g/mol. The van der Waals surface area contributed by atoms with Crippen molar-refractivity contribution in [2.45, 2.75) is 44.6 Å². The number of nitrogens with one attached hydrogen (secondary N) is 1. The minimum Gasteiger partial charge on any atom is -0.471 e. The minimum atomic E-state index is -4.47. The summed E-state index contributed by atoms with van der Waals surface area (Å²) < 4.78 is 60.0. The zero-order valence-electron chi connectivity index (χ0n) is 17.0. The van der Waals surface area contributed by atoms with Crippen LogP contribution >= 0.6 is 0 Å². The topological polar surface area (TPSA) is 74.0 Å². The summed E-state index contributed by atoms with van der Waals surface area (Å²) in [6.45, 7) is 0.592. The molecule has 2 heterocycles. The largest absolute Gasteiger partial charge is 0.471 e. The number of aromatic nitrogens is 4. The molecule has 1 aliphatic carbocycles. The van der Waals surface area contributed by atoms with Crippen LogP contribution in [0.15, 0.2) is 42.6 Å². The van der Waals surface area contributed by atoms with E-state index in [-0.39, 0.29) is 37.2 Å². The Bertz CT molecular complexity index is 1070. The molecule has 7 nitrogen and oxygen atoms in total. The average Bonchev–Trinajstić information content (AvgIpc) is 3.31. The zero-order valence-corrected chi connectivity index (χ0v) is 17.0. The van der Waals surface area contributed by atoms with Crippen molar-refractivity contribution in [3.05, 3.63) is 65.5 Å². The molecule has 0 atom stereocenters. The van der Waals surface area contributed by atoms with E-state index in [1.165, 1.54) is 39.7 Å². The zero-order chi connectivity index (χ0) is 22.7. The van der Waals surface area contributed by atoms with Gasteiger partial charge in [-0.3, -0.25) is 9.48 Å². The molecule has 170 valence electrons. The summed E-state index contributed by atoms with van der Waals surface area (Å²) >= 11 is 0. The predicted molar refractivity (Wildman–Crippen MR) is 105 cm³/mol. The highest BCUT2D eigenvalue weighted by Crippen LogP contribution is 2.42. The van der Waals surface area contributed by atoms with E-state index in [9.17, 15) is 22.4 Å². The maximum Gasteiger partial charge on any atom is 0.435 e. The second-order valence-electron chi connectivity index (χ2n) is 7.53. The van der Waals surface area contributed by atoms with Gasteiger partial charge < -0.3 is 10.1 Å². The summed E-state index contributed by atoms with van der Waals surface area (Å²) in [5, 5.41) is 10.5. The first-order valence-corrected chi connectivity index (χ1v) is 10.1. The molecule has 0 unspecified atom stereocenters. The third kappa shape index (κ3) is 5.45. The van der Waals surface area contributed by atoms with Crippen molar-refractivity contribution in [2.75, 3.05) is 6.54 Å². The van der Waals surface area contributed by atoms with Gasteiger partial charge in [-0.15, -0.1) is 0 Å². The van der Waals surface area contributed by atoms with Crippen LogP contribution in [0.3, 0.4) is 0 Å². The van der Waals surface area contributed by atoms with Crippen LogP contribution < -0.4 is 10.1 Å². The Labute approximate surface area is 181 Å². The van der Waals surface area contributed by atoms with E-state index in [1.54, 1.807) is 6.20 Å². The van der Waals surface area contributed by atoms with Gasteiger partial charge in [-0.1, -0.05) is 0 Å². The first-order chi connectivity index (χ1) is 15.3. The SMILES string of the molecule is O=C(NCCCn1nc(C(F)(F)F)cc1C1CC1)c1ccn(COc2ccc(F)cc2)n1. The van der Waals surface area contributed by atoms with Crippen LogP contribution in [0, 0.1) is 5.82 Å². The summed E-state index contributed by atoms with van der Waals surface area (Å²) in [5.41, 5.74) is -0.0924. The van der Waals surface area contributed by atoms with Gasteiger partial charge in [-0.25, -0.2) is 9.07 Å². The Hall–Kier alpha value is -3.37. The summed E-state index contributed by atoms with van der Waals surface area (Å²) in [4.78, 5) is 12.3. The van der Waals surface area contributed by atoms with E-state index in [0.29, 0.717) is 17.9 Å². The molecular weight excluding hydrogens is 430 g/mol. The van der Waals surface area contributed by atoms with Gasteiger partial charge in [-0.2, -0.15) is 23.4 Å². The van der Waals surface area contributed by atoms with Crippen molar-refractivity contribution in [2.24, 2.45) is 0 Å². The molecule has 4 rings (SSSR count). The number of carbonyl (C=O) groups excluding carboxylic acids is 1. The highest BCUT2D eigenvalue weighted by molar-refractivity contribution is 5.92. The van der Waals surface area contributed by atoms with E-state index < -0.39 is 17.8 Å². The molecule has 1 aromatic carbocycles. The maximum atomic E-state index is 13.0. The number of aryl methyl sites for hydroxylation is 1. The fraction of sp³-hybridized carbons (Fsp3) is 0.381. The molecule has 3 aromatic rings. The first-order valence-electron chi connectivity index (χ1n) is 10.1. The molecule has 1 saturated carbocycles. The van der Waals surface area contributed by atoms with Gasteiger partial charge in [0, 0.05) is 30.9 Å². The molecule has 2 aromatic heterocycles. The Kier molecular flexibility index (Phi) is 6.15. The third-order valence-corrected chi connectivity index (χ3v) is 4.98. The van der Waals surface area contributed by atoms with Gasteiger partial charge in [0.1, 0.15) is 17.3 Å². The summed E-state index contributed by atoms with van der Waals surface area (Å²) in [5.74, 6) is -0.169. The Morgan fingerprint density at radius 3 is 2.59 bits per heavy atom. The van der Waals surface area contributed by atoms with Gasteiger partial charge in [0.15, 0.2) is 12.4 Å². The van der Waals surface area contributed by atoms with Crippen LogP contribution in [0.25, 0.3) is 0 Å². The number of carbonyl (C=O) groups is 1. The smallest absolute Gasteiger partial charge is 0.435 e. The molecule has 0 bridgehead atoms. The second-order valence-corrected chi connectivity index (χ2v) is 7.53. The first kappa shape index (κ1) is 21.8. The summed E-state index contributed by atoms with van der Waals surface area (Å²) in [6, 6.07) is 8.17. The minimum absolute atomic E-state index is 0.0453. The lowest BCUT2D eigenvalue weighted by atomic mass is 10.2. The summed E-state index contributed by atoms with van der Waals surface area (Å²) in [7, 11) is 0. The van der Waals surface area contributed by atoms with Gasteiger partial charge in [0.2, 0.25) is 0 Å². The lowest BCUT2D eigenvalue weighted by Gasteiger charge is -2.08. The molecular formula is C21H21F4N5O2. The predicted octanol–water partition coefficient (Wildman–Crippen LogP) is 3.97. The third-order valence-electron chi connectivity index (χ3n) is 4.98. The van der Waals surface area contributed by atoms with Gasteiger partial charge >= 0.3 is 6.18 Å². The fourth-order valence-electron chi connectivity index (χ4n) is 3.20. The van der Waals surface area contributed by atoms with E-state index in [4.69, 9.17) is 4.74 Å². The molecule has 1 N–H and O–H groups in total. The molecule has 32 heavy (non-hydrogen) atoms. The Morgan fingerprint density at radius 1 is 1.16 bits per heavy atom. The molecule has 11 heteroatoms. The Morgan fingerprint density at radius 2 is 1.91 bits per heavy atom. The van der Waals surface area contributed by atoms with Crippen LogP contribution in [-0.2, 0) is 19.5 Å². The molecule has 1 aliphatic rings. The van der Waals surface area contributed by atoms with Crippen LogP contribution in [0.2, 0.25) is 0 Å². The highest BCUT2D eigenvalue weighted by Gasteiger charge is 2.37. The number of hydrogen-bond donors (Lipinski definition) is 1. The van der Waals surface area contributed by atoms with Crippen molar-refractivity contribution in [1.82, 2.24) is 24.9 Å². The number of amides is 1. The maximum absolute atomic E-state index is 13.0. The highest BCUT2D eigenvalue weighted by atomic mass is 19.4. The molecule has 0 spiro atoms. The van der Waals surface area contributed by atoms with Crippen LogP contribution in [0.4, 0.5) is 17.6 Å². The van der Waals surface area contributed by atoms with E-state index >= 15 is 0 Å². The lowest BCUT2D eigenvalue weighted by molar-refractivity contribution is -0.141. The average molecular weight is 451 g/mol. The lowest BCUT2D eigenvalue weighted by Crippen LogP contribution is -2.26.